The number of nitrogens with one attached hydrogen (secondary N) is 1. The molecule has 0 saturated heterocycles. The Bertz CT molecular complexity index is 820. The predicted molar refractivity (Wildman–Crippen MR) is 85.7 cm³/mol. The molecule has 0 atom stereocenters. The van der Waals surface area contributed by atoms with Crippen molar-refractivity contribution in [1.82, 2.24) is 0 Å². The number of benzene rings is 1. The van der Waals surface area contributed by atoms with Crippen molar-refractivity contribution in [1.29, 1.82) is 0 Å². The minimum absolute atomic E-state index is 0.175. The molecule has 0 aliphatic rings. The summed E-state index contributed by atoms with van der Waals surface area (Å²) in [6.45, 7) is 1.74. The Labute approximate surface area is 138 Å². The van der Waals surface area contributed by atoms with Gasteiger partial charge in [-0.05, 0) is 24.6 Å². The monoisotopic (exact) mass is 410 g/mol. The highest BCUT2D eigenvalue weighted by atomic mass is 79.9. The zero-order valence-corrected chi connectivity index (χ0v) is 14.4. The summed E-state index contributed by atoms with van der Waals surface area (Å²) in [7, 11) is -3.93. The van der Waals surface area contributed by atoms with E-state index in [1.165, 1.54) is 0 Å². The second kappa shape index (κ2) is 5.91. The van der Waals surface area contributed by atoms with Gasteiger partial charge in [0.2, 0.25) is 0 Å². The van der Waals surface area contributed by atoms with E-state index in [0.717, 1.165) is 11.6 Å². The number of nitrogens with zero attached hydrogens (tertiary/aromatic N) is 1. The average Bonchev–Trinajstić information content (AvgIpc) is 2.77. The van der Waals surface area contributed by atoms with Crippen molar-refractivity contribution >= 4 is 60.3 Å². The van der Waals surface area contributed by atoms with Gasteiger partial charge >= 0.3 is 0 Å². The molecule has 0 fully saturated rings. The lowest BCUT2D eigenvalue weighted by molar-refractivity contribution is -0.384. The topological polar surface area (TPSA) is 89.3 Å². The van der Waals surface area contributed by atoms with Gasteiger partial charge in [0.25, 0.3) is 15.7 Å². The molecule has 2 aromatic rings. The van der Waals surface area contributed by atoms with Crippen LogP contribution in [-0.4, -0.2) is 13.3 Å². The molecule has 10 heteroatoms. The molecule has 112 valence electrons. The molecule has 0 saturated carbocycles. The lowest BCUT2D eigenvalue weighted by Gasteiger charge is -2.09. The predicted octanol–water partition coefficient (Wildman–Crippen LogP) is 4.18. The highest BCUT2D eigenvalue weighted by Gasteiger charge is 2.25. The minimum Gasteiger partial charge on any atom is -0.279 e. The van der Waals surface area contributed by atoms with Gasteiger partial charge in [0.1, 0.15) is 4.21 Å². The summed E-state index contributed by atoms with van der Waals surface area (Å²) in [6, 6.07) is 6.07. The van der Waals surface area contributed by atoms with Gasteiger partial charge in [-0.3, -0.25) is 14.8 Å². The van der Waals surface area contributed by atoms with E-state index in [9.17, 15) is 18.5 Å². The molecule has 0 amide bonds. The van der Waals surface area contributed by atoms with Crippen LogP contribution >= 0.6 is 38.9 Å². The van der Waals surface area contributed by atoms with Gasteiger partial charge in [-0.25, -0.2) is 8.42 Å². The molecule has 6 nitrogen and oxygen atoms in total. The third-order valence-corrected chi connectivity index (χ3v) is 6.22. The number of thiophene rings is 1. The Balaban J connectivity index is 2.41. The molecule has 0 spiro atoms. The van der Waals surface area contributed by atoms with Crippen molar-refractivity contribution in [2.75, 3.05) is 4.72 Å². The SMILES string of the molecule is Cc1ccc(Br)cc1NS(=O)(=O)c1cc([N+](=O)[O-])c(Cl)s1. The number of nitro groups is 1. The fraction of sp³-hybridized carbons (Fsp3) is 0.0909. The van der Waals surface area contributed by atoms with Gasteiger partial charge in [0.05, 0.1) is 10.6 Å². The number of hydrogen-bond acceptors (Lipinski definition) is 5. The lowest BCUT2D eigenvalue weighted by atomic mass is 10.2. The van der Waals surface area contributed by atoms with Gasteiger partial charge in [0, 0.05) is 10.5 Å². The first-order valence-corrected chi connectivity index (χ1v) is 8.90. The van der Waals surface area contributed by atoms with Crippen molar-refractivity contribution in [3.8, 4) is 0 Å². The van der Waals surface area contributed by atoms with Gasteiger partial charge in [-0.15, -0.1) is 11.3 Å². The largest absolute Gasteiger partial charge is 0.300 e. The number of sulfonamides is 1. The van der Waals surface area contributed by atoms with Gasteiger partial charge < -0.3 is 0 Å². The fourth-order valence-electron chi connectivity index (χ4n) is 1.49. The van der Waals surface area contributed by atoms with Crippen LogP contribution in [-0.2, 0) is 10.0 Å². The standard InChI is InChI=1S/C11H8BrClN2O4S2/c1-6-2-3-7(12)4-8(6)14-21(18,19)10-5-9(15(16)17)11(13)20-10/h2-5,14H,1H3. The molecule has 0 aliphatic heterocycles. The number of anilines is 1. The molecule has 0 bridgehead atoms. The van der Waals surface area contributed by atoms with E-state index in [1.54, 1.807) is 25.1 Å². The maximum Gasteiger partial charge on any atom is 0.300 e. The summed E-state index contributed by atoms with van der Waals surface area (Å²) in [5.41, 5.74) is 0.684. The molecular weight excluding hydrogens is 404 g/mol. The quantitative estimate of drug-likeness (QED) is 0.603. The molecule has 21 heavy (non-hydrogen) atoms. The molecule has 1 aromatic heterocycles. The molecular formula is C11H8BrClN2O4S2. The van der Waals surface area contributed by atoms with Crippen LogP contribution in [0.5, 0.6) is 0 Å². The van der Waals surface area contributed by atoms with Crippen molar-refractivity contribution in [2.24, 2.45) is 0 Å². The van der Waals surface area contributed by atoms with E-state index in [1.807, 2.05) is 0 Å². The normalized spacial score (nSPS) is 11.4. The van der Waals surface area contributed by atoms with Crippen molar-refractivity contribution in [3.05, 3.63) is 48.8 Å². The third kappa shape index (κ3) is 3.54. The van der Waals surface area contributed by atoms with Crippen LogP contribution in [0, 0.1) is 17.0 Å². The third-order valence-electron chi connectivity index (χ3n) is 2.55. The fourth-order valence-corrected chi connectivity index (χ4v) is 4.64. The van der Waals surface area contributed by atoms with Crippen molar-refractivity contribution in [3.63, 3.8) is 0 Å². The van der Waals surface area contributed by atoms with E-state index < -0.39 is 20.6 Å². The van der Waals surface area contributed by atoms with Crippen LogP contribution in [0.15, 0.2) is 32.9 Å². The number of hydrogen-bond donors (Lipinski definition) is 1. The highest BCUT2D eigenvalue weighted by Crippen LogP contribution is 2.37. The Hall–Kier alpha value is -1.16. The van der Waals surface area contributed by atoms with E-state index in [-0.39, 0.29) is 8.55 Å². The molecule has 1 N–H and O–H groups in total. The smallest absolute Gasteiger partial charge is 0.279 e. The summed E-state index contributed by atoms with van der Waals surface area (Å²) in [5, 5.41) is 10.7. The van der Waals surface area contributed by atoms with Crippen molar-refractivity contribution < 1.29 is 13.3 Å². The van der Waals surface area contributed by atoms with E-state index in [2.05, 4.69) is 20.7 Å². The van der Waals surface area contributed by atoms with E-state index >= 15 is 0 Å². The Morgan fingerprint density at radius 1 is 1.38 bits per heavy atom. The first kappa shape index (κ1) is 16.2. The summed E-state index contributed by atoms with van der Waals surface area (Å²) < 4.78 is 27.2. The second-order valence-electron chi connectivity index (χ2n) is 4.05. The molecule has 1 aromatic carbocycles. The molecule has 0 aliphatic carbocycles. The van der Waals surface area contributed by atoms with E-state index in [0.29, 0.717) is 21.5 Å². The molecule has 2 rings (SSSR count). The Kier molecular flexibility index (Phi) is 4.57. The Morgan fingerprint density at radius 3 is 2.62 bits per heavy atom. The highest BCUT2D eigenvalue weighted by molar-refractivity contribution is 9.10. The summed E-state index contributed by atoms with van der Waals surface area (Å²) in [4.78, 5) is 10.0. The van der Waals surface area contributed by atoms with Crippen LogP contribution in [0.3, 0.4) is 0 Å². The maximum absolute atomic E-state index is 12.3. The van der Waals surface area contributed by atoms with Crippen molar-refractivity contribution in [2.45, 2.75) is 11.1 Å². The van der Waals surface area contributed by atoms with Crippen LogP contribution in [0.1, 0.15) is 5.56 Å². The van der Waals surface area contributed by atoms with Crippen LogP contribution in [0.25, 0.3) is 0 Å². The average molecular weight is 412 g/mol. The van der Waals surface area contributed by atoms with Crippen LogP contribution < -0.4 is 4.72 Å². The second-order valence-corrected chi connectivity index (χ2v) is 8.53. The molecule has 0 unspecified atom stereocenters. The van der Waals surface area contributed by atoms with Crippen LogP contribution in [0.4, 0.5) is 11.4 Å². The first-order chi connectivity index (χ1) is 9.70. The van der Waals surface area contributed by atoms with Gasteiger partial charge in [0.15, 0.2) is 4.34 Å². The number of halogens is 2. The summed E-state index contributed by atoms with van der Waals surface area (Å²) in [6.07, 6.45) is 0. The lowest BCUT2D eigenvalue weighted by Crippen LogP contribution is -2.12. The molecule has 1 heterocycles. The molecule has 0 radical (unpaired) electrons. The maximum atomic E-state index is 12.3. The summed E-state index contributed by atoms with van der Waals surface area (Å²) >= 11 is 9.58. The minimum atomic E-state index is -3.93. The zero-order chi connectivity index (χ0) is 15.8. The number of aryl methyl sites for hydroxylation is 1. The van der Waals surface area contributed by atoms with Crippen LogP contribution in [0.2, 0.25) is 4.34 Å². The first-order valence-electron chi connectivity index (χ1n) is 5.43. The Morgan fingerprint density at radius 2 is 2.05 bits per heavy atom. The zero-order valence-electron chi connectivity index (χ0n) is 10.5. The number of rotatable bonds is 4. The van der Waals surface area contributed by atoms with E-state index in [4.69, 9.17) is 11.6 Å². The summed E-state index contributed by atoms with van der Waals surface area (Å²) in [5.74, 6) is 0. The van der Waals surface area contributed by atoms with Gasteiger partial charge in [-0.1, -0.05) is 33.6 Å². The van der Waals surface area contributed by atoms with Gasteiger partial charge in [-0.2, -0.15) is 0 Å².